The van der Waals surface area contributed by atoms with E-state index in [-0.39, 0.29) is 27.6 Å². The van der Waals surface area contributed by atoms with Gasteiger partial charge in [0.2, 0.25) is 0 Å². The zero-order valence-electron chi connectivity index (χ0n) is 15.6. The van der Waals surface area contributed by atoms with Gasteiger partial charge in [0.1, 0.15) is 23.7 Å². The molecule has 1 aromatic heterocycles. The average molecular weight is 455 g/mol. The Morgan fingerprint density at radius 3 is 1.67 bits per heavy atom. The molecular formula is C21H20Cl2O2STi. The molecule has 1 heterocycles. The summed E-state index contributed by atoms with van der Waals surface area (Å²) < 4.78 is 10.5. The van der Waals surface area contributed by atoms with Gasteiger partial charge >= 0.3 is 0 Å². The first-order valence-corrected chi connectivity index (χ1v) is 9.78. The first-order valence-electron chi connectivity index (χ1n) is 8.29. The van der Waals surface area contributed by atoms with Gasteiger partial charge in [0.05, 0.1) is 5.92 Å². The molecule has 0 amide bonds. The summed E-state index contributed by atoms with van der Waals surface area (Å²) >= 11 is 13.4. The van der Waals surface area contributed by atoms with Gasteiger partial charge in [-0.1, -0.05) is 41.5 Å². The van der Waals surface area contributed by atoms with Gasteiger partial charge in [-0.25, -0.2) is 0 Å². The van der Waals surface area contributed by atoms with E-state index in [4.69, 9.17) is 32.3 Å². The standard InChI is InChI=1S/C21H20Cl2O2S.Ti/c1-12-8-14(3)20(24-22)16(10-12)19(18-6-5-7-26-18)17-11-13(2)9-15(4)21(17)25-23;/h5-11,19H,1-4H3;. The van der Waals surface area contributed by atoms with Crippen LogP contribution in [0.2, 0.25) is 0 Å². The molecule has 0 aliphatic rings. The predicted molar refractivity (Wildman–Crippen MR) is 110 cm³/mol. The third-order valence-corrected chi connectivity index (χ3v) is 5.75. The number of thiophene rings is 1. The van der Waals surface area contributed by atoms with Gasteiger partial charge in [0.25, 0.3) is 0 Å². The summed E-state index contributed by atoms with van der Waals surface area (Å²) in [5.74, 6) is 1.26. The van der Waals surface area contributed by atoms with Crippen LogP contribution in [0.3, 0.4) is 0 Å². The zero-order valence-corrected chi connectivity index (χ0v) is 19.5. The summed E-state index contributed by atoms with van der Waals surface area (Å²) in [6, 6.07) is 12.5. The number of rotatable bonds is 5. The summed E-state index contributed by atoms with van der Waals surface area (Å²) in [4.78, 5) is 1.17. The van der Waals surface area contributed by atoms with E-state index in [1.807, 2.05) is 19.9 Å². The number of hydrogen-bond acceptors (Lipinski definition) is 3. The minimum absolute atomic E-state index is 0. The maximum absolute atomic E-state index is 5.86. The normalized spacial score (nSPS) is 10.6. The molecule has 0 fully saturated rings. The Morgan fingerprint density at radius 2 is 1.30 bits per heavy atom. The smallest absolute Gasteiger partial charge is 0.153 e. The maximum Gasteiger partial charge on any atom is 0.153 e. The quantitative estimate of drug-likeness (QED) is 0.378. The van der Waals surface area contributed by atoms with Crippen molar-refractivity contribution in [2.45, 2.75) is 33.6 Å². The van der Waals surface area contributed by atoms with E-state index in [2.05, 4.69) is 49.6 Å². The molecule has 0 saturated heterocycles. The Labute approximate surface area is 189 Å². The van der Waals surface area contributed by atoms with Crippen molar-refractivity contribution in [3.05, 3.63) is 80.0 Å². The molecule has 0 bridgehead atoms. The molecule has 0 atom stereocenters. The number of halogens is 2. The summed E-state index contributed by atoms with van der Waals surface area (Å²) in [7, 11) is 0. The van der Waals surface area contributed by atoms with E-state index < -0.39 is 0 Å². The molecule has 140 valence electrons. The molecule has 3 rings (SSSR count). The second-order valence-corrected chi connectivity index (χ2v) is 7.89. The van der Waals surface area contributed by atoms with Crippen molar-refractivity contribution in [3.8, 4) is 11.5 Å². The van der Waals surface area contributed by atoms with E-state index >= 15 is 0 Å². The van der Waals surface area contributed by atoms with Crippen molar-refractivity contribution in [3.63, 3.8) is 0 Å². The van der Waals surface area contributed by atoms with Gasteiger partial charge in [-0.3, -0.25) is 0 Å². The van der Waals surface area contributed by atoms with Crippen molar-refractivity contribution in [2.24, 2.45) is 0 Å². The Bertz CT molecular complexity index is 867. The Balaban J connectivity index is 0.00000261. The van der Waals surface area contributed by atoms with Crippen LogP contribution in [0.5, 0.6) is 11.5 Å². The molecule has 0 saturated carbocycles. The fourth-order valence-corrected chi connectivity index (χ4v) is 4.83. The van der Waals surface area contributed by atoms with Crippen LogP contribution in [-0.2, 0) is 21.7 Å². The summed E-state index contributed by atoms with van der Waals surface area (Å²) in [6.07, 6.45) is 0. The second-order valence-electron chi connectivity index (χ2n) is 6.60. The molecule has 6 heteroatoms. The fourth-order valence-electron chi connectivity index (χ4n) is 3.54. The van der Waals surface area contributed by atoms with E-state index in [0.29, 0.717) is 11.5 Å². The number of benzene rings is 2. The summed E-state index contributed by atoms with van der Waals surface area (Å²) in [5, 5.41) is 2.07. The summed E-state index contributed by atoms with van der Waals surface area (Å²) in [6.45, 7) is 8.14. The molecule has 0 aliphatic carbocycles. The van der Waals surface area contributed by atoms with E-state index in [1.165, 1.54) is 4.88 Å². The monoisotopic (exact) mass is 454 g/mol. The van der Waals surface area contributed by atoms with Gasteiger partial charge in [-0.15, -0.1) is 11.3 Å². The molecule has 0 spiro atoms. The van der Waals surface area contributed by atoms with Crippen molar-refractivity contribution < 1.29 is 30.3 Å². The molecule has 2 aromatic carbocycles. The minimum atomic E-state index is -0.0882. The van der Waals surface area contributed by atoms with E-state index in [0.717, 1.165) is 33.4 Å². The third kappa shape index (κ3) is 4.55. The first-order chi connectivity index (χ1) is 12.5. The Kier molecular flexibility index (Phi) is 7.85. The van der Waals surface area contributed by atoms with E-state index in [1.54, 1.807) is 11.3 Å². The third-order valence-electron chi connectivity index (χ3n) is 4.50. The molecule has 27 heavy (non-hydrogen) atoms. The molecule has 0 radical (unpaired) electrons. The Morgan fingerprint density at radius 1 is 0.815 bits per heavy atom. The minimum Gasteiger partial charge on any atom is -0.385 e. The van der Waals surface area contributed by atoms with Crippen LogP contribution in [0, 0.1) is 27.7 Å². The van der Waals surface area contributed by atoms with Crippen LogP contribution in [0.15, 0.2) is 41.8 Å². The van der Waals surface area contributed by atoms with Crippen molar-refractivity contribution in [1.29, 1.82) is 0 Å². The number of aryl methyl sites for hydroxylation is 4. The Hall–Kier alpha value is -0.966. The molecule has 3 aromatic rings. The van der Waals surface area contributed by atoms with Gasteiger partial charge in [0, 0.05) is 37.7 Å². The fraction of sp³-hybridized carbons (Fsp3) is 0.238. The summed E-state index contributed by atoms with van der Waals surface area (Å²) in [5.41, 5.74) is 6.28. The second kappa shape index (κ2) is 9.49. The first kappa shape index (κ1) is 22.3. The van der Waals surface area contributed by atoms with Gasteiger partial charge < -0.3 is 8.58 Å². The molecule has 0 unspecified atom stereocenters. The maximum atomic E-state index is 5.86. The van der Waals surface area contributed by atoms with E-state index in [9.17, 15) is 0 Å². The molecular weight excluding hydrogens is 435 g/mol. The van der Waals surface area contributed by atoms with Crippen molar-refractivity contribution >= 4 is 35.1 Å². The van der Waals surface area contributed by atoms with Crippen LogP contribution in [0.1, 0.15) is 44.2 Å². The molecule has 2 nitrogen and oxygen atoms in total. The van der Waals surface area contributed by atoms with Crippen LogP contribution in [0.4, 0.5) is 0 Å². The number of hydrogen-bond donors (Lipinski definition) is 0. The zero-order chi connectivity index (χ0) is 18.8. The van der Waals surface area contributed by atoms with Crippen molar-refractivity contribution in [2.75, 3.05) is 0 Å². The topological polar surface area (TPSA) is 18.5 Å². The van der Waals surface area contributed by atoms with Gasteiger partial charge in [-0.05, 0) is 50.3 Å². The van der Waals surface area contributed by atoms with Crippen molar-refractivity contribution in [1.82, 2.24) is 0 Å². The van der Waals surface area contributed by atoms with Crippen LogP contribution < -0.4 is 8.58 Å². The SMILES string of the molecule is Cc1cc(C)c(OCl)c(C(c2cccs2)c2cc(C)cc(C)c2OCl)c1.[Ti]. The average Bonchev–Trinajstić information content (AvgIpc) is 3.08. The van der Waals surface area contributed by atoms with Crippen LogP contribution in [0.25, 0.3) is 0 Å². The van der Waals surface area contributed by atoms with Gasteiger partial charge in [-0.2, -0.15) is 0 Å². The van der Waals surface area contributed by atoms with Gasteiger partial charge in [0.15, 0.2) is 11.5 Å². The van der Waals surface area contributed by atoms with Crippen LogP contribution >= 0.6 is 35.1 Å². The predicted octanol–water partition coefficient (Wildman–Crippen LogP) is 7.22. The molecule has 0 aliphatic heterocycles. The molecule has 0 N–H and O–H groups in total. The largest absolute Gasteiger partial charge is 0.385 e. The van der Waals surface area contributed by atoms with Crippen LogP contribution in [-0.4, -0.2) is 0 Å².